The Balaban J connectivity index is 1.91. The number of aryl methyl sites for hydroxylation is 1. The highest BCUT2D eigenvalue weighted by Gasteiger charge is 2.11. The number of aromatic nitrogens is 2. The second-order valence-electron chi connectivity index (χ2n) is 3.86. The van der Waals surface area contributed by atoms with E-state index in [1.165, 1.54) is 6.26 Å². The molecule has 0 fully saturated rings. The van der Waals surface area contributed by atoms with Crippen molar-refractivity contribution in [2.45, 2.75) is 6.92 Å². The maximum Gasteiger partial charge on any atom is 0.379 e. The first-order valence-electron chi connectivity index (χ1n) is 5.43. The minimum absolute atomic E-state index is 0.178. The predicted molar refractivity (Wildman–Crippen MR) is 63.6 cm³/mol. The summed E-state index contributed by atoms with van der Waals surface area (Å²) in [6.07, 6.45) is 4.91. The number of nitrogens with zero attached hydrogens (tertiary/aromatic N) is 2. The maximum absolute atomic E-state index is 11.7. The lowest BCUT2D eigenvalue weighted by Crippen LogP contribution is -2.07. The smallest absolute Gasteiger partial charge is 0.379 e. The maximum atomic E-state index is 11.7. The van der Waals surface area contributed by atoms with Gasteiger partial charge >= 0.3 is 5.97 Å². The Kier molecular flexibility index (Phi) is 2.37. The van der Waals surface area contributed by atoms with Gasteiger partial charge in [0.1, 0.15) is 11.4 Å². The van der Waals surface area contributed by atoms with Gasteiger partial charge < -0.3 is 13.6 Å². The van der Waals surface area contributed by atoms with Crippen LogP contribution in [0.15, 0.2) is 47.3 Å². The molecule has 18 heavy (non-hydrogen) atoms. The van der Waals surface area contributed by atoms with Crippen molar-refractivity contribution in [2.24, 2.45) is 0 Å². The van der Waals surface area contributed by atoms with Gasteiger partial charge in [0.05, 0.1) is 12.5 Å². The number of furan rings is 1. The molecule has 3 heterocycles. The summed E-state index contributed by atoms with van der Waals surface area (Å²) in [5.74, 6) is 0.111. The van der Waals surface area contributed by atoms with Crippen molar-refractivity contribution in [3.63, 3.8) is 0 Å². The van der Waals surface area contributed by atoms with Gasteiger partial charge in [0.2, 0.25) is 5.76 Å². The highest BCUT2D eigenvalue weighted by Crippen LogP contribution is 2.16. The van der Waals surface area contributed by atoms with E-state index in [0.717, 1.165) is 11.3 Å². The normalized spacial score (nSPS) is 10.7. The average molecular weight is 242 g/mol. The van der Waals surface area contributed by atoms with E-state index >= 15 is 0 Å². The summed E-state index contributed by atoms with van der Waals surface area (Å²) in [5, 5.41) is 0. The molecule has 0 aliphatic heterocycles. The van der Waals surface area contributed by atoms with Crippen LogP contribution < -0.4 is 4.74 Å². The van der Waals surface area contributed by atoms with E-state index in [1.54, 1.807) is 36.7 Å². The summed E-state index contributed by atoms with van der Waals surface area (Å²) < 4.78 is 12.0. The van der Waals surface area contributed by atoms with Crippen molar-refractivity contribution in [2.75, 3.05) is 0 Å². The summed E-state index contributed by atoms with van der Waals surface area (Å²) >= 11 is 0. The third-order valence-electron chi connectivity index (χ3n) is 2.60. The molecule has 90 valence electrons. The number of rotatable bonds is 2. The van der Waals surface area contributed by atoms with E-state index in [2.05, 4.69) is 4.98 Å². The Morgan fingerprint density at radius 3 is 3.06 bits per heavy atom. The van der Waals surface area contributed by atoms with Crippen LogP contribution in [0.3, 0.4) is 0 Å². The van der Waals surface area contributed by atoms with Gasteiger partial charge in [-0.15, -0.1) is 0 Å². The minimum Gasteiger partial charge on any atom is -0.457 e. The molecule has 0 atom stereocenters. The molecule has 0 spiro atoms. The monoisotopic (exact) mass is 242 g/mol. The summed E-state index contributed by atoms with van der Waals surface area (Å²) in [5.41, 5.74) is 1.78. The average Bonchev–Trinajstić information content (AvgIpc) is 3.00. The Hall–Kier alpha value is -2.56. The zero-order valence-corrected chi connectivity index (χ0v) is 9.66. The van der Waals surface area contributed by atoms with Crippen molar-refractivity contribution in [3.8, 4) is 5.75 Å². The van der Waals surface area contributed by atoms with Crippen LogP contribution in [0.5, 0.6) is 5.75 Å². The van der Waals surface area contributed by atoms with Crippen molar-refractivity contribution in [1.82, 2.24) is 9.38 Å². The van der Waals surface area contributed by atoms with Crippen LogP contribution in [0.4, 0.5) is 0 Å². The number of carbonyl (C=O) groups is 1. The van der Waals surface area contributed by atoms with Gasteiger partial charge in [-0.1, -0.05) is 0 Å². The first-order chi connectivity index (χ1) is 8.74. The fraction of sp³-hybridized carbons (Fsp3) is 0.0769. The zero-order chi connectivity index (χ0) is 12.5. The summed E-state index contributed by atoms with van der Waals surface area (Å²) in [7, 11) is 0. The van der Waals surface area contributed by atoms with E-state index in [1.807, 2.05) is 11.3 Å². The number of ether oxygens (including phenoxy) is 1. The van der Waals surface area contributed by atoms with Crippen LogP contribution >= 0.6 is 0 Å². The Labute approximate surface area is 103 Å². The van der Waals surface area contributed by atoms with Crippen molar-refractivity contribution in [3.05, 3.63) is 54.4 Å². The number of carbonyl (C=O) groups excluding carboxylic acids is 1. The van der Waals surface area contributed by atoms with Crippen LogP contribution in [0.25, 0.3) is 5.65 Å². The molecular formula is C13H10N2O3. The summed E-state index contributed by atoms with van der Waals surface area (Å²) in [6.45, 7) is 1.93. The van der Waals surface area contributed by atoms with E-state index < -0.39 is 5.97 Å². The molecule has 0 radical (unpaired) electrons. The number of pyridine rings is 1. The molecule has 0 saturated heterocycles. The molecule has 0 aliphatic rings. The SMILES string of the molecule is Cc1cnc2ccc(OC(=O)c3ccco3)cn12. The minimum atomic E-state index is -0.517. The van der Waals surface area contributed by atoms with Crippen LogP contribution in [0.2, 0.25) is 0 Å². The number of esters is 1. The number of imidazole rings is 1. The van der Waals surface area contributed by atoms with Crippen molar-refractivity contribution in [1.29, 1.82) is 0 Å². The summed E-state index contributed by atoms with van der Waals surface area (Å²) in [4.78, 5) is 15.9. The fourth-order valence-electron chi connectivity index (χ4n) is 1.70. The number of hydrogen-bond acceptors (Lipinski definition) is 4. The second kappa shape index (κ2) is 4.03. The molecule has 5 nitrogen and oxygen atoms in total. The number of fused-ring (bicyclic) bond motifs is 1. The molecule has 3 rings (SSSR count). The van der Waals surface area contributed by atoms with E-state index in [-0.39, 0.29) is 5.76 Å². The molecule has 0 unspecified atom stereocenters. The molecule has 3 aromatic rings. The van der Waals surface area contributed by atoms with E-state index in [0.29, 0.717) is 5.75 Å². The van der Waals surface area contributed by atoms with Gasteiger partial charge in [-0.2, -0.15) is 0 Å². The molecule has 3 aromatic heterocycles. The molecule has 0 bridgehead atoms. The van der Waals surface area contributed by atoms with Crippen molar-refractivity contribution < 1.29 is 13.9 Å². The van der Waals surface area contributed by atoms with Gasteiger partial charge in [0.15, 0.2) is 0 Å². The largest absolute Gasteiger partial charge is 0.457 e. The third-order valence-corrected chi connectivity index (χ3v) is 2.60. The molecule has 0 saturated carbocycles. The second-order valence-corrected chi connectivity index (χ2v) is 3.86. The molecule has 0 amide bonds. The lowest BCUT2D eigenvalue weighted by Gasteiger charge is -2.03. The van der Waals surface area contributed by atoms with Crippen LogP contribution in [-0.4, -0.2) is 15.4 Å². The van der Waals surface area contributed by atoms with Gasteiger partial charge in [-0.05, 0) is 31.2 Å². The van der Waals surface area contributed by atoms with E-state index in [4.69, 9.17) is 9.15 Å². The van der Waals surface area contributed by atoms with Crippen molar-refractivity contribution >= 4 is 11.6 Å². The zero-order valence-electron chi connectivity index (χ0n) is 9.66. The Bertz CT molecular complexity index is 698. The van der Waals surface area contributed by atoms with Gasteiger partial charge in [-0.3, -0.25) is 0 Å². The lowest BCUT2D eigenvalue weighted by atomic mass is 10.4. The molecule has 0 aliphatic carbocycles. The van der Waals surface area contributed by atoms with Gasteiger partial charge in [0.25, 0.3) is 0 Å². The fourth-order valence-corrected chi connectivity index (χ4v) is 1.70. The lowest BCUT2D eigenvalue weighted by molar-refractivity contribution is 0.0700. The van der Waals surface area contributed by atoms with Crippen LogP contribution in [0.1, 0.15) is 16.2 Å². The topological polar surface area (TPSA) is 56.7 Å². The highest BCUT2D eigenvalue weighted by molar-refractivity contribution is 5.88. The van der Waals surface area contributed by atoms with Gasteiger partial charge in [-0.25, -0.2) is 9.78 Å². The Morgan fingerprint density at radius 2 is 2.28 bits per heavy atom. The first kappa shape index (κ1) is 10.6. The quantitative estimate of drug-likeness (QED) is 0.648. The Morgan fingerprint density at radius 1 is 1.39 bits per heavy atom. The molecule has 0 N–H and O–H groups in total. The van der Waals surface area contributed by atoms with Gasteiger partial charge in [0, 0.05) is 11.9 Å². The predicted octanol–water partition coefficient (Wildman–Crippen LogP) is 2.45. The van der Waals surface area contributed by atoms with Crippen LogP contribution in [0, 0.1) is 6.92 Å². The standard InChI is InChI=1S/C13H10N2O3/c1-9-7-14-12-5-4-10(8-15(9)12)18-13(16)11-3-2-6-17-11/h2-8H,1H3. The van der Waals surface area contributed by atoms with Crippen LogP contribution in [-0.2, 0) is 0 Å². The number of hydrogen-bond donors (Lipinski definition) is 0. The summed E-state index contributed by atoms with van der Waals surface area (Å²) in [6, 6.07) is 6.68. The first-order valence-corrected chi connectivity index (χ1v) is 5.43. The molecular weight excluding hydrogens is 232 g/mol. The van der Waals surface area contributed by atoms with E-state index in [9.17, 15) is 4.79 Å². The highest BCUT2D eigenvalue weighted by atomic mass is 16.5. The molecule has 0 aromatic carbocycles. The third kappa shape index (κ3) is 1.75. The molecule has 5 heteroatoms.